The number of ether oxygens (including phenoxy) is 1. The molecule has 122 valence electrons. The zero-order valence-electron chi connectivity index (χ0n) is 13.4. The van der Waals surface area contributed by atoms with Crippen molar-refractivity contribution in [2.45, 2.75) is 36.9 Å². The lowest BCUT2D eigenvalue weighted by Crippen LogP contribution is -2.46. The van der Waals surface area contributed by atoms with Crippen LogP contribution in [0.25, 0.3) is 0 Å². The first-order valence-electron chi connectivity index (χ1n) is 9.33. The minimum absolute atomic E-state index is 0.0234. The van der Waals surface area contributed by atoms with Crippen LogP contribution in [0.5, 0.6) is 0 Å². The van der Waals surface area contributed by atoms with E-state index < -0.39 is 0 Å². The van der Waals surface area contributed by atoms with Crippen LogP contribution < -0.4 is 4.90 Å². The lowest BCUT2D eigenvalue weighted by Gasteiger charge is -2.33. The van der Waals surface area contributed by atoms with E-state index in [2.05, 4.69) is 0 Å². The topological polar surface area (TPSA) is 49.9 Å². The van der Waals surface area contributed by atoms with Gasteiger partial charge in [-0.15, -0.1) is 0 Å². The van der Waals surface area contributed by atoms with Gasteiger partial charge in [0.05, 0.1) is 17.5 Å². The number of nitrogens with zero attached hydrogens (tertiary/aromatic N) is 1. The minimum atomic E-state index is -0.127. The number of carbonyl (C=O) groups is 2. The van der Waals surface area contributed by atoms with Crippen LogP contribution in [0.4, 0.5) is 5.69 Å². The van der Waals surface area contributed by atoms with E-state index >= 15 is 0 Å². The van der Waals surface area contributed by atoms with Crippen molar-refractivity contribution >= 4 is 17.5 Å². The van der Waals surface area contributed by atoms with E-state index in [-0.39, 0.29) is 46.7 Å². The Morgan fingerprint density at radius 3 is 2.04 bits per heavy atom. The van der Waals surface area contributed by atoms with Crippen molar-refractivity contribution in [3.63, 3.8) is 0 Å². The molecule has 1 aromatic rings. The Morgan fingerprint density at radius 2 is 1.46 bits per heavy atom. The molecule has 24 heavy (non-hydrogen) atoms. The summed E-state index contributed by atoms with van der Waals surface area (Å²) in [6.45, 7) is 0. The van der Waals surface area contributed by atoms with Crippen LogP contribution in [0, 0.1) is 35.5 Å². The quantitative estimate of drug-likeness (QED) is 0.589. The number of rotatable bonds is 1. The third-order valence-corrected chi connectivity index (χ3v) is 8.44. The Labute approximate surface area is 140 Å². The SMILES string of the molecule is O=C1C2C(C(=O)N1c1ccccc1)C1CC2C23OC12C1CCC3C1. The van der Waals surface area contributed by atoms with Crippen LogP contribution in [0.1, 0.15) is 25.7 Å². The molecule has 2 heterocycles. The highest BCUT2D eigenvalue weighted by atomic mass is 16.6. The second-order valence-electron chi connectivity index (χ2n) is 8.74. The number of fused-ring (bicyclic) bond motifs is 7. The van der Waals surface area contributed by atoms with Crippen molar-refractivity contribution in [1.29, 1.82) is 0 Å². The predicted molar refractivity (Wildman–Crippen MR) is 84.9 cm³/mol. The first-order chi connectivity index (χ1) is 11.7. The standard InChI is InChI=1S/C20H19NO3/c22-17-15-13-9-14(20-11-7-6-10(8-11)19(13,20)24-20)16(15)18(23)21(17)12-4-2-1-3-5-12/h1-5,10-11,13-16H,6-9H2. The van der Waals surface area contributed by atoms with Crippen LogP contribution >= 0.6 is 0 Å². The van der Waals surface area contributed by atoms with Gasteiger partial charge in [0.25, 0.3) is 0 Å². The highest BCUT2D eigenvalue weighted by molar-refractivity contribution is 6.22. The normalized spacial score (nSPS) is 55.1. The summed E-state index contributed by atoms with van der Waals surface area (Å²) in [6, 6.07) is 9.45. The van der Waals surface area contributed by atoms with Gasteiger partial charge >= 0.3 is 0 Å². The number of benzene rings is 1. The lowest BCUT2D eigenvalue weighted by atomic mass is 9.64. The molecule has 2 amide bonds. The average Bonchev–Trinajstić information content (AvgIpc) is 3.05. The summed E-state index contributed by atoms with van der Waals surface area (Å²) >= 11 is 0. The maximum absolute atomic E-state index is 13.2. The average molecular weight is 321 g/mol. The zero-order chi connectivity index (χ0) is 15.8. The van der Waals surface area contributed by atoms with Crippen molar-refractivity contribution in [3.8, 4) is 0 Å². The molecule has 8 atom stereocenters. The van der Waals surface area contributed by atoms with E-state index in [1.165, 1.54) is 24.2 Å². The number of hydrogen-bond acceptors (Lipinski definition) is 3. The molecule has 6 fully saturated rings. The van der Waals surface area contributed by atoms with Crippen molar-refractivity contribution in [1.82, 2.24) is 0 Å². The number of hydrogen-bond donors (Lipinski definition) is 0. The zero-order valence-corrected chi connectivity index (χ0v) is 13.4. The van der Waals surface area contributed by atoms with Gasteiger partial charge in [0.2, 0.25) is 11.8 Å². The lowest BCUT2D eigenvalue weighted by molar-refractivity contribution is -0.124. The van der Waals surface area contributed by atoms with E-state index in [0.717, 1.165) is 12.1 Å². The molecule has 2 aliphatic heterocycles. The third-order valence-electron chi connectivity index (χ3n) is 8.44. The monoisotopic (exact) mass is 321 g/mol. The summed E-state index contributed by atoms with van der Waals surface area (Å²) in [7, 11) is 0. The van der Waals surface area contributed by atoms with E-state index in [4.69, 9.17) is 4.74 Å². The van der Waals surface area contributed by atoms with Crippen molar-refractivity contribution in [2.24, 2.45) is 35.5 Å². The molecule has 7 rings (SSSR count). The Balaban J connectivity index is 1.36. The Bertz CT molecular complexity index is 775. The number of epoxide rings is 1. The molecule has 1 aromatic carbocycles. The van der Waals surface area contributed by atoms with E-state index in [1.807, 2.05) is 30.3 Å². The van der Waals surface area contributed by atoms with Gasteiger partial charge in [0.1, 0.15) is 11.2 Å². The first kappa shape index (κ1) is 12.6. The Kier molecular flexibility index (Phi) is 1.83. The fourth-order valence-electron chi connectivity index (χ4n) is 8.00. The maximum Gasteiger partial charge on any atom is 0.238 e. The van der Waals surface area contributed by atoms with Crippen molar-refractivity contribution in [3.05, 3.63) is 30.3 Å². The molecule has 0 spiro atoms. The first-order valence-corrected chi connectivity index (χ1v) is 9.33. The number of imide groups is 1. The third kappa shape index (κ3) is 0.972. The van der Waals surface area contributed by atoms with Gasteiger partial charge in [-0.05, 0) is 49.7 Å². The van der Waals surface area contributed by atoms with E-state index in [9.17, 15) is 9.59 Å². The number of anilines is 1. The predicted octanol–water partition coefficient (Wildman–Crippen LogP) is 2.38. The second kappa shape index (κ2) is 3.48. The van der Waals surface area contributed by atoms with Gasteiger partial charge in [0, 0.05) is 11.8 Å². The number of para-hydroxylation sites is 1. The van der Waals surface area contributed by atoms with Crippen molar-refractivity contribution < 1.29 is 14.3 Å². The Hall–Kier alpha value is -1.68. The summed E-state index contributed by atoms with van der Waals surface area (Å²) in [5, 5.41) is 0. The van der Waals surface area contributed by atoms with Gasteiger partial charge in [-0.25, -0.2) is 0 Å². The number of carbonyl (C=O) groups excluding carboxylic acids is 2. The summed E-state index contributed by atoms with van der Waals surface area (Å²) in [6.07, 6.45) is 4.84. The van der Waals surface area contributed by atoms with Crippen LogP contribution in [-0.4, -0.2) is 23.0 Å². The molecule has 4 saturated carbocycles. The van der Waals surface area contributed by atoms with E-state index in [0.29, 0.717) is 11.8 Å². The van der Waals surface area contributed by atoms with Crippen LogP contribution in [0.3, 0.4) is 0 Å². The largest absolute Gasteiger partial charge is 0.361 e. The molecular formula is C20H19NO3. The van der Waals surface area contributed by atoms with Crippen molar-refractivity contribution in [2.75, 3.05) is 4.90 Å². The fraction of sp³-hybridized carbons (Fsp3) is 0.600. The summed E-state index contributed by atoms with van der Waals surface area (Å²) < 4.78 is 6.49. The molecule has 4 nitrogen and oxygen atoms in total. The van der Waals surface area contributed by atoms with Gasteiger partial charge in [-0.1, -0.05) is 18.2 Å². The molecule has 0 aromatic heterocycles. The van der Waals surface area contributed by atoms with Gasteiger partial charge in [-0.3, -0.25) is 14.5 Å². The Morgan fingerprint density at radius 1 is 0.875 bits per heavy atom. The van der Waals surface area contributed by atoms with Crippen LogP contribution in [0.15, 0.2) is 30.3 Å². The van der Waals surface area contributed by atoms with Gasteiger partial charge in [0.15, 0.2) is 0 Å². The minimum Gasteiger partial charge on any atom is -0.361 e. The molecule has 8 unspecified atom stereocenters. The molecule has 4 bridgehead atoms. The molecule has 6 aliphatic rings. The van der Waals surface area contributed by atoms with Gasteiger partial charge in [-0.2, -0.15) is 0 Å². The molecule has 0 radical (unpaired) electrons. The molecule has 4 aliphatic carbocycles. The smallest absolute Gasteiger partial charge is 0.238 e. The molecule has 0 N–H and O–H groups in total. The fourth-order valence-corrected chi connectivity index (χ4v) is 8.00. The number of amides is 2. The highest BCUT2D eigenvalue weighted by Crippen LogP contribution is 2.86. The molecule has 4 heteroatoms. The van der Waals surface area contributed by atoms with E-state index in [1.54, 1.807) is 0 Å². The van der Waals surface area contributed by atoms with Crippen LogP contribution in [-0.2, 0) is 14.3 Å². The van der Waals surface area contributed by atoms with Gasteiger partial charge < -0.3 is 4.74 Å². The maximum atomic E-state index is 13.2. The second-order valence-corrected chi connectivity index (χ2v) is 8.74. The van der Waals surface area contributed by atoms with Crippen LogP contribution in [0.2, 0.25) is 0 Å². The summed E-state index contributed by atoms with van der Waals surface area (Å²) in [5.74, 6) is 1.67. The molecular weight excluding hydrogens is 302 g/mol. The highest BCUT2D eigenvalue weighted by Gasteiger charge is 2.95. The molecule has 2 saturated heterocycles. The summed E-state index contributed by atoms with van der Waals surface area (Å²) in [4.78, 5) is 27.9. The summed E-state index contributed by atoms with van der Waals surface area (Å²) in [5.41, 5.74) is 0.688.